The maximum atomic E-state index is 4.71. The van der Waals surface area contributed by atoms with Crippen LogP contribution in [0.25, 0.3) is 5.65 Å². The van der Waals surface area contributed by atoms with Crippen LogP contribution in [-0.4, -0.2) is 28.4 Å². The van der Waals surface area contributed by atoms with E-state index in [0.717, 1.165) is 30.3 Å². The number of halogens is 1. The van der Waals surface area contributed by atoms with Crippen molar-refractivity contribution in [2.24, 2.45) is 4.99 Å². The van der Waals surface area contributed by atoms with Gasteiger partial charge in [-0.2, -0.15) is 0 Å². The van der Waals surface area contributed by atoms with Crippen LogP contribution < -0.4 is 10.6 Å². The molecule has 0 aliphatic rings. The quantitative estimate of drug-likeness (QED) is 0.314. The van der Waals surface area contributed by atoms with Crippen molar-refractivity contribution < 1.29 is 0 Å². The Morgan fingerprint density at radius 2 is 2.19 bits per heavy atom. The first-order valence-corrected chi connectivity index (χ1v) is 9.56. The van der Waals surface area contributed by atoms with Gasteiger partial charge in [0.05, 0.1) is 11.7 Å². The number of fused-ring (bicyclic) bond motifs is 1. The zero-order valence-electron chi connectivity index (χ0n) is 15.4. The highest BCUT2D eigenvalue weighted by Crippen LogP contribution is 2.17. The molecule has 3 aromatic rings. The lowest BCUT2D eigenvalue weighted by molar-refractivity contribution is 0.697. The highest BCUT2D eigenvalue weighted by molar-refractivity contribution is 14.0. The number of guanidine groups is 1. The van der Waals surface area contributed by atoms with Gasteiger partial charge in [0.1, 0.15) is 5.65 Å². The molecule has 0 fully saturated rings. The maximum Gasteiger partial charge on any atom is 0.191 e. The summed E-state index contributed by atoms with van der Waals surface area (Å²) in [6.45, 7) is 7.87. The zero-order valence-corrected chi connectivity index (χ0v) is 18.5. The molecule has 1 atom stereocenters. The molecule has 0 spiro atoms. The van der Waals surface area contributed by atoms with Crippen molar-refractivity contribution in [3.63, 3.8) is 0 Å². The lowest BCUT2D eigenvalue weighted by Crippen LogP contribution is -2.38. The molecule has 0 saturated carbocycles. The summed E-state index contributed by atoms with van der Waals surface area (Å²) in [6, 6.07) is 8.60. The number of aromatic nitrogens is 2. The van der Waals surface area contributed by atoms with E-state index in [4.69, 9.17) is 9.98 Å². The van der Waals surface area contributed by atoms with Crippen LogP contribution in [-0.2, 0) is 6.42 Å². The molecule has 0 amide bonds. The fourth-order valence-corrected chi connectivity index (χ4v) is 3.48. The Bertz CT molecular complexity index is 841. The Kier molecular flexibility index (Phi) is 7.89. The van der Waals surface area contributed by atoms with Crippen LogP contribution in [0.15, 0.2) is 47.0 Å². The molecule has 0 bridgehead atoms. The van der Waals surface area contributed by atoms with Crippen molar-refractivity contribution in [1.29, 1.82) is 0 Å². The van der Waals surface area contributed by atoms with Crippen molar-refractivity contribution in [2.45, 2.75) is 33.2 Å². The Morgan fingerprint density at radius 3 is 2.88 bits per heavy atom. The Hall–Kier alpha value is -1.61. The summed E-state index contributed by atoms with van der Waals surface area (Å²) >= 11 is 1.76. The number of hydrogen-bond acceptors (Lipinski definition) is 3. The molecule has 0 aromatic carbocycles. The van der Waals surface area contributed by atoms with E-state index in [1.807, 2.05) is 12.3 Å². The molecule has 3 aromatic heterocycles. The smallest absolute Gasteiger partial charge is 0.191 e. The van der Waals surface area contributed by atoms with Gasteiger partial charge in [-0.05, 0) is 43.8 Å². The molecule has 0 radical (unpaired) electrons. The number of aliphatic imine (C=N–C) groups is 1. The SMILES string of the molecule is CCNC(=NCCc1cn2cccc(C)c2n1)NC(C)c1cccs1.I. The second kappa shape index (κ2) is 9.91. The summed E-state index contributed by atoms with van der Waals surface area (Å²) in [5.41, 5.74) is 3.29. The van der Waals surface area contributed by atoms with E-state index in [1.165, 1.54) is 10.4 Å². The van der Waals surface area contributed by atoms with Gasteiger partial charge in [0.15, 0.2) is 5.96 Å². The Balaban J connectivity index is 0.00000243. The molecule has 0 saturated heterocycles. The lowest BCUT2D eigenvalue weighted by Gasteiger charge is -2.16. The summed E-state index contributed by atoms with van der Waals surface area (Å²) in [6.07, 6.45) is 4.95. The molecule has 5 nitrogen and oxygen atoms in total. The highest BCUT2D eigenvalue weighted by atomic mass is 127. The topological polar surface area (TPSA) is 53.7 Å². The van der Waals surface area contributed by atoms with Crippen molar-refractivity contribution in [3.05, 3.63) is 58.2 Å². The fraction of sp³-hybridized carbons (Fsp3) is 0.368. The first-order chi connectivity index (χ1) is 12.2. The van der Waals surface area contributed by atoms with Crippen LogP contribution >= 0.6 is 35.3 Å². The number of nitrogens with one attached hydrogen (secondary N) is 2. The van der Waals surface area contributed by atoms with Crippen LogP contribution in [0.4, 0.5) is 0 Å². The Morgan fingerprint density at radius 1 is 1.35 bits per heavy atom. The third-order valence-electron chi connectivity index (χ3n) is 4.03. The molecule has 0 aliphatic carbocycles. The van der Waals surface area contributed by atoms with Crippen molar-refractivity contribution in [3.8, 4) is 0 Å². The molecule has 3 rings (SSSR count). The molecule has 3 heterocycles. The van der Waals surface area contributed by atoms with Gasteiger partial charge in [0.2, 0.25) is 0 Å². The van der Waals surface area contributed by atoms with E-state index < -0.39 is 0 Å². The van der Waals surface area contributed by atoms with Gasteiger partial charge >= 0.3 is 0 Å². The first-order valence-electron chi connectivity index (χ1n) is 8.69. The lowest BCUT2D eigenvalue weighted by atomic mass is 10.3. The number of pyridine rings is 1. The number of hydrogen-bond donors (Lipinski definition) is 2. The maximum absolute atomic E-state index is 4.71. The zero-order chi connectivity index (χ0) is 17.6. The van der Waals surface area contributed by atoms with Crippen LogP contribution in [0.2, 0.25) is 0 Å². The first kappa shape index (κ1) is 20.7. The van der Waals surface area contributed by atoms with E-state index in [2.05, 4.69) is 65.6 Å². The molecule has 140 valence electrons. The molecular weight excluding hydrogens is 457 g/mol. The van der Waals surface area contributed by atoms with E-state index in [1.54, 1.807) is 11.3 Å². The van der Waals surface area contributed by atoms with Crippen LogP contribution in [0.1, 0.15) is 36.0 Å². The van der Waals surface area contributed by atoms with Gasteiger partial charge in [-0.1, -0.05) is 12.1 Å². The van der Waals surface area contributed by atoms with Gasteiger partial charge in [-0.15, -0.1) is 35.3 Å². The molecule has 1 unspecified atom stereocenters. The number of thiophene rings is 1. The third kappa shape index (κ3) is 5.20. The highest BCUT2D eigenvalue weighted by Gasteiger charge is 2.08. The van der Waals surface area contributed by atoms with Crippen LogP contribution in [0.3, 0.4) is 0 Å². The second-order valence-corrected chi connectivity index (χ2v) is 7.03. The number of aryl methyl sites for hydroxylation is 1. The van der Waals surface area contributed by atoms with Crippen LogP contribution in [0.5, 0.6) is 0 Å². The van der Waals surface area contributed by atoms with Gasteiger partial charge in [0, 0.05) is 36.8 Å². The van der Waals surface area contributed by atoms with E-state index in [0.29, 0.717) is 6.54 Å². The number of nitrogens with zero attached hydrogens (tertiary/aromatic N) is 3. The minimum absolute atomic E-state index is 0. The third-order valence-corrected chi connectivity index (χ3v) is 5.09. The molecule has 26 heavy (non-hydrogen) atoms. The van der Waals surface area contributed by atoms with E-state index >= 15 is 0 Å². The van der Waals surface area contributed by atoms with Crippen molar-refractivity contribution in [1.82, 2.24) is 20.0 Å². The summed E-state index contributed by atoms with van der Waals surface area (Å²) in [4.78, 5) is 10.7. The number of imidazole rings is 1. The normalized spacial score (nSPS) is 12.7. The predicted molar refractivity (Wildman–Crippen MR) is 121 cm³/mol. The molecule has 7 heteroatoms. The van der Waals surface area contributed by atoms with Gasteiger partial charge in [-0.3, -0.25) is 4.99 Å². The average molecular weight is 483 g/mol. The van der Waals surface area contributed by atoms with Gasteiger partial charge < -0.3 is 15.0 Å². The van der Waals surface area contributed by atoms with Gasteiger partial charge in [0.25, 0.3) is 0 Å². The van der Waals surface area contributed by atoms with Crippen molar-refractivity contribution >= 4 is 46.9 Å². The molecule has 2 N–H and O–H groups in total. The minimum Gasteiger partial charge on any atom is -0.357 e. The summed E-state index contributed by atoms with van der Waals surface area (Å²) in [7, 11) is 0. The molecule has 0 aliphatic heterocycles. The average Bonchev–Trinajstić information content (AvgIpc) is 3.25. The summed E-state index contributed by atoms with van der Waals surface area (Å²) in [5.74, 6) is 0.850. The predicted octanol–water partition coefficient (Wildman–Crippen LogP) is 4.18. The monoisotopic (exact) mass is 483 g/mol. The second-order valence-electron chi connectivity index (χ2n) is 6.05. The fourth-order valence-electron chi connectivity index (χ4n) is 2.74. The standard InChI is InChI=1S/C19H25N5S.HI/c1-4-20-19(22-15(3)17-8-6-12-25-17)21-10-9-16-13-24-11-5-7-14(2)18(24)23-16;/h5-8,11-13,15H,4,9-10H2,1-3H3,(H2,20,21,22);1H. The van der Waals surface area contributed by atoms with Crippen LogP contribution in [0, 0.1) is 6.92 Å². The largest absolute Gasteiger partial charge is 0.357 e. The number of rotatable bonds is 6. The van der Waals surface area contributed by atoms with Crippen molar-refractivity contribution in [2.75, 3.05) is 13.1 Å². The van der Waals surface area contributed by atoms with E-state index in [9.17, 15) is 0 Å². The van der Waals surface area contributed by atoms with Gasteiger partial charge in [-0.25, -0.2) is 4.98 Å². The Labute approximate surface area is 176 Å². The summed E-state index contributed by atoms with van der Waals surface area (Å²) in [5, 5.41) is 8.88. The summed E-state index contributed by atoms with van der Waals surface area (Å²) < 4.78 is 2.08. The van der Waals surface area contributed by atoms with E-state index in [-0.39, 0.29) is 30.0 Å². The minimum atomic E-state index is 0. The molecular formula is C19H26IN5S.